The summed E-state index contributed by atoms with van der Waals surface area (Å²) in [6.07, 6.45) is -0.632. The van der Waals surface area contributed by atoms with E-state index in [0.29, 0.717) is 40.9 Å². The summed E-state index contributed by atoms with van der Waals surface area (Å²) < 4.78 is 57.8. The van der Waals surface area contributed by atoms with Crippen molar-refractivity contribution in [3.8, 4) is 0 Å². The molecular weight excluding hydrogens is 606 g/mol. The molecule has 0 saturated carbocycles. The van der Waals surface area contributed by atoms with Gasteiger partial charge in [-0.3, -0.25) is 4.79 Å². The quantitative estimate of drug-likeness (QED) is 0.160. The minimum atomic E-state index is -4.63. The Labute approximate surface area is 237 Å². The molecule has 0 aliphatic carbocycles. The van der Waals surface area contributed by atoms with Crippen LogP contribution < -0.4 is 10.0 Å². The maximum atomic E-state index is 14.1. The van der Waals surface area contributed by atoms with Gasteiger partial charge in [-0.05, 0) is 80.6 Å². The van der Waals surface area contributed by atoms with E-state index in [1.54, 1.807) is 28.8 Å². The van der Waals surface area contributed by atoms with E-state index in [9.17, 15) is 22.4 Å². The first kappa shape index (κ1) is 30.7. The molecular formula is C27H29BrClF4N3OS. The van der Waals surface area contributed by atoms with Crippen LogP contribution in [-0.4, -0.2) is 29.1 Å². The van der Waals surface area contributed by atoms with Gasteiger partial charge >= 0.3 is 6.18 Å². The highest BCUT2D eigenvalue weighted by Gasteiger charge is 2.35. The molecule has 2 unspecified atom stereocenters. The van der Waals surface area contributed by atoms with Gasteiger partial charge in [0.2, 0.25) is 0 Å². The number of aromatic nitrogens is 1. The van der Waals surface area contributed by atoms with Crippen molar-refractivity contribution in [1.82, 2.24) is 4.98 Å². The van der Waals surface area contributed by atoms with Crippen molar-refractivity contribution in [2.45, 2.75) is 63.7 Å². The minimum absolute atomic E-state index is 0.0464. The molecule has 0 fully saturated rings. The summed E-state index contributed by atoms with van der Waals surface area (Å²) in [5.74, 6) is -0.414. The number of Topliss-reactive ketones (excluding diaryl/α,β-unsaturated/α-hetero) is 1. The lowest BCUT2D eigenvalue weighted by Gasteiger charge is -2.33. The van der Waals surface area contributed by atoms with Crippen molar-refractivity contribution < 1.29 is 22.4 Å². The van der Waals surface area contributed by atoms with E-state index in [1.807, 2.05) is 6.92 Å². The highest BCUT2D eigenvalue weighted by Crippen LogP contribution is 2.39. The van der Waals surface area contributed by atoms with Gasteiger partial charge < -0.3 is 10.0 Å². The third-order valence-electron chi connectivity index (χ3n) is 6.20. The fourth-order valence-electron chi connectivity index (χ4n) is 4.25. The van der Waals surface area contributed by atoms with Gasteiger partial charge in [0.25, 0.3) is 0 Å². The predicted molar refractivity (Wildman–Crippen MR) is 151 cm³/mol. The highest BCUT2D eigenvalue weighted by molar-refractivity contribution is 9.10. The molecule has 4 nitrogen and oxygen atoms in total. The van der Waals surface area contributed by atoms with E-state index in [-0.39, 0.29) is 48.5 Å². The van der Waals surface area contributed by atoms with Crippen molar-refractivity contribution in [1.29, 1.82) is 0 Å². The molecule has 206 valence electrons. The van der Waals surface area contributed by atoms with E-state index >= 15 is 0 Å². The fourth-order valence-corrected chi connectivity index (χ4v) is 5.68. The Morgan fingerprint density at radius 3 is 2.53 bits per heavy atom. The first-order chi connectivity index (χ1) is 17.9. The highest BCUT2D eigenvalue weighted by atomic mass is 79.9. The predicted octanol–water partition coefficient (Wildman–Crippen LogP) is 8.37. The number of benzene rings is 2. The third-order valence-corrected chi connectivity index (χ3v) is 7.81. The first-order valence-electron chi connectivity index (χ1n) is 12.1. The molecule has 0 spiro atoms. The van der Waals surface area contributed by atoms with Crippen molar-refractivity contribution in [2.24, 2.45) is 5.73 Å². The second kappa shape index (κ2) is 13.5. The number of nitrogens with two attached hydrogens (primary N) is 1. The lowest BCUT2D eigenvalue weighted by Crippen LogP contribution is -2.32. The SMILES string of the molecule is CSN(c1cc(C(F)(F)F)nc2ccc(Cl)cc12)C(CCC(=O)CCc1cc(Br)ccc1F)CCC(C)N. The number of halogens is 6. The zero-order chi connectivity index (χ0) is 28.0. The molecule has 3 rings (SSSR count). The smallest absolute Gasteiger partial charge is 0.328 e. The maximum Gasteiger partial charge on any atom is 0.433 e. The van der Waals surface area contributed by atoms with Crippen LogP contribution in [0.25, 0.3) is 10.9 Å². The molecule has 2 atom stereocenters. The number of aryl methyl sites for hydroxylation is 1. The Morgan fingerprint density at radius 1 is 1.13 bits per heavy atom. The number of ketones is 1. The molecule has 1 aromatic heterocycles. The van der Waals surface area contributed by atoms with Gasteiger partial charge in [-0.1, -0.05) is 39.5 Å². The molecule has 1 heterocycles. The molecule has 2 N–H and O–H groups in total. The van der Waals surface area contributed by atoms with E-state index in [2.05, 4.69) is 20.9 Å². The van der Waals surface area contributed by atoms with Gasteiger partial charge in [0.1, 0.15) is 17.3 Å². The lowest BCUT2D eigenvalue weighted by molar-refractivity contribution is -0.140. The molecule has 0 bridgehead atoms. The zero-order valence-electron chi connectivity index (χ0n) is 21.0. The van der Waals surface area contributed by atoms with E-state index in [1.165, 1.54) is 30.1 Å². The van der Waals surface area contributed by atoms with Crippen LogP contribution in [0.5, 0.6) is 0 Å². The second-order valence-corrected chi connectivity index (χ2v) is 11.3. The molecule has 0 amide bonds. The van der Waals surface area contributed by atoms with Gasteiger partial charge in [0, 0.05) is 46.1 Å². The third kappa shape index (κ3) is 8.31. The van der Waals surface area contributed by atoms with Gasteiger partial charge in [0.15, 0.2) is 0 Å². The summed E-state index contributed by atoms with van der Waals surface area (Å²) >= 11 is 10.8. The van der Waals surface area contributed by atoms with E-state index in [0.717, 1.165) is 10.5 Å². The summed E-state index contributed by atoms with van der Waals surface area (Å²) in [5.41, 5.74) is 5.96. The number of fused-ring (bicyclic) bond motifs is 1. The monoisotopic (exact) mass is 633 g/mol. The van der Waals surface area contributed by atoms with Crippen LogP contribution in [0.3, 0.4) is 0 Å². The summed E-state index contributed by atoms with van der Waals surface area (Å²) in [6, 6.07) is 9.81. The molecule has 38 heavy (non-hydrogen) atoms. The second-order valence-electron chi connectivity index (χ2n) is 9.22. The average Bonchev–Trinajstić information content (AvgIpc) is 2.85. The van der Waals surface area contributed by atoms with E-state index in [4.69, 9.17) is 17.3 Å². The van der Waals surface area contributed by atoms with Gasteiger partial charge in [-0.2, -0.15) is 13.2 Å². The number of hydrogen-bond acceptors (Lipinski definition) is 5. The molecule has 2 aromatic carbocycles. The van der Waals surface area contributed by atoms with Gasteiger partial charge in [-0.25, -0.2) is 9.37 Å². The summed E-state index contributed by atoms with van der Waals surface area (Å²) in [7, 11) is 0. The molecule has 0 radical (unpaired) electrons. The largest absolute Gasteiger partial charge is 0.433 e. The average molecular weight is 635 g/mol. The molecule has 3 aromatic rings. The zero-order valence-corrected chi connectivity index (χ0v) is 24.2. The van der Waals surface area contributed by atoms with Crippen LogP contribution in [0.4, 0.5) is 23.2 Å². The van der Waals surface area contributed by atoms with Crippen molar-refractivity contribution in [2.75, 3.05) is 10.6 Å². The first-order valence-corrected chi connectivity index (χ1v) is 14.5. The van der Waals surface area contributed by atoms with Crippen LogP contribution in [0.15, 0.2) is 46.9 Å². The van der Waals surface area contributed by atoms with Crippen LogP contribution in [-0.2, 0) is 17.4 Å². The normalized spacial score (nSPS) is 13.5. The molecule has 0 aliphatic heterocycles. The van der Waals surface area contributed by atoms with Crippen LogP contribution in [0.2, 0.25) is 5.02 Å². The number of anilines is 1. The molecule has 0 aliphatic rings. The lowest BCUT2D eigenvalue weighted by atomic mass is 9.98. The number of hydrogen-bond donors (Lipinski definition) is 1. The fraction of sp³-hybridized carbons (Fsp3) is 0.407. The maximum absolute atomic E-state index is 14.1. The summed E-state index contributed by atoms with van der Waals surface area (Å²) in [5, 5.41) is 0.866. The molecule has 0 saturated heterocycles. The van der Waals surface area contributed by atoms with Crippen LogP contribution >= 0.6 is 39.5 Å². The standard InChI is InChI=1S/C27H29BrClF4N3OS/c1-16(34)3-7-20(8-10-21(37)9-4-17-13-18(28)5-11-23(17)30)36(38-2)25-15-26(27(31,32)33)35-24-12-6-19(29)14-22(24)25/h5-6,11-16,20H,3-4,7-10,34H2,1-2H3. The van der Waals surface area contributed by atoms with Crippen molar-refractivity contribution in [3.63, 3.8) is 0 Å². The molecule has 11 heteroatoms. The van der Waals surface area contributed by atoms with E-state index < -0.39 is 11.9 Å². The van der Waals surface area contributed by atoms with Crippen molar-refractivity contribution in [3.05, 3.63) is 69.0 Å². The Morgan fingerprint density at radius 2 is 1.87 bits per heavy atom. The number of nitrogens with zero attached hydrogens (tertiary/aromatic N) is 2. The Balaban J connectivity index is 1.87. The van der Waals surface area contributed by atoms with Gasteiger partial charge in [0.05, 0.1) is 11.2 Å². The van der Waals surface area contributed by atoms with Crippen molar-refractivity contribution >= 4 is 61.9 Å². The topological polar surface area (TPSA) is 59.2 Å². The Hall–Kier alpha value is -1.88. The number of alkyl halides is 3. The summed E-state index contributed by atoms with van der Waals surface area (Å²) in [4.78, 5) is 16.6. The number of carbonyl (C=O) groups is 1. The Kier molecular flexibility index (Phi) is 10.9. The number of pyridine rings is 1. The Bertz CT molecular complexity index is 1280. The summed E-state index contributed by atoms with van der Waals surface area (Å²) in [6.45, 7) is 1.86. The number of carbonyl (C=O) groups excluding carboxylic acids is 1. The number of rotatable bonds is 12. The van der Waals surface area contributed by atoms with Gasteiger partial charge in [-0.15, -0.1) is 0 Å². The van der Waals surface area contributed by atoms with Crippen LogP contribution in [0, 0.1) is 5.82 Å². The van der Waals surface area contributed by atoms with Crippen LogP contribution in [0.1, 0.15) is 50.3 Å². The minimum Gasteiger partial charge on any atom is -0.328 e.